The summed E-state index contributed by atoms with van der Waals surface area (Å²) in [4.78, 5) is 25.4. The van der Waals surface area contributed by atoms with E-state index in [2.05, 4.69) is 4.98 Å². The molecule has 0 unspecified atom stereocenters. The Hall–Kier alpha value is -1.82. The van der Waals surface area contributed by atoms with E-state index in [1.165, 1.54) is 22.1 Å². The lowest BCUT2D eigenvalue weighted by atomic mass is 10.4. The summed E-state index contributed by atoms with van der Waals surface area (Å²) in [5.74, 6) is -1.11. The van der Waals surface area contributed by atoms with Crippen LogP contribution in [0.5, 0.6) is 0 Å². The van der Waals surface area contributed by atoms with E-state index < -0.39 is 11.7 Å². The van der Waals surface area contributed by atoms with Crippen LogP contribution in [0.2, 0.25) is 0 Å². The smallest absolute Gasteiger partial charge is 0.354 e. The molecule has 0 aliphatic carbocycles. The second kappa shape index (κ2) is 3.74. The number of thiophene rings is 1. The number of hydrogen-bond acceptors (Lipinski definition) is 3. The fraction of sp³-hybridized carbons (Fsp3) is 0.111. The van der Waals surface area contributed by atoms with Gasteiger partial charge in [-0.05, 0) is 11.4 Å². The highest BCUT2D eigenvalue weighted by molar-refractivity contribution is 7.09. The van der Waals surface area contributed by atoms with Crippen molar-refractivity contribution in [2.24, 2.45) is 0 Å². The zero-order valence-corrected chi connectivity index (χ0v) is 8.45. The second-order valence-electron chi connectivity index (χ2n) is 2.95. The molecule has 0 radical (unpaired) electrons. The summed E-state index contributed by atoms with van der Waals surface area (Å²) in [6.45, 7) is 0.293. The van der Waals surface area contributed by atoms with Crippen LogP contribution in [0.3, 0.4) is 0 Å². The van der Waals surface area contributed by atoms with Crippen molar-refractivity contribution >= 4 is 17.3 Å². The molecular formula is C9H8N2O3S. The zero-order chi connectivity index (χ0) is 10.8. The molecule has 0 bridgehead atoms. The number of imidazole rings is 1. The summed E-state index contributed by atoms with van der Waals surface area (Å²) in [5, 5.41) is 10.7. The molecule has 0 atom stereocenters. The van der Waals surface area contributed by atoms with Crippen LogP contribution in [0.4, 0.5) is 0 Å². The molecule has 6 heteroatoms. The van der Waals surface area contributed by atoms with Crippen molar-refractivity contribution in [1.82, 2.24) is 9.55 Å². The molecule has 2 aromatic heterocycles. The van der Waals surface area contributed by atoms with E-state index in [9.17, 15) is 9.59 Å². The Morgan fingerprint density at radius 2 is 2.40 bits per heavy atom. The third-order valence-corrected chi connectivity index (χ3v) is 2.84. The second-order valence-corrected chi connectivity index (χ2v) is 3.98. The van der Waals surface area contributed by atoms with Crippen molar-refractivity contribution < 1.29 is 9.90 Å². The van der Waals surface area contributed by atoms with E-state index in [0.29, 0.717) is 6.54 Å². The molecule has 0 aliphatic heterocycles. The Labute approximate surface area is 88.6 Å². The maximum atomic E-state index is 11.3. The van der Waals surface area contributed by atoms with Crippen molar-refractivity contribution in [3.8, 4) is 0 Å². The summed E-state index contributed by atoms with van der Waals surface area (Å²) in [5.41, 5.74) is -0.422. The summed E-state index contributed by atoms with van der Waals surface area (Å²) in [6, 6.07) is 3.72. The monoisotopic (exact) mass is 224 g/mol. The Kier molecular flexibility index (Phi) is 2.42. The van der Waals surface area contributed by atoms with E-state index in [-0.39, 0.29) is 5.69 Å². The van der Waals surface area contributed by atoms with Crippen molar-refractivity contribution in [2.45, 2.75) is 6.54 Å². The zero-order valence-electron chi connectivity index (χ0n) is 7.64. The van der Waals surface area contributed by atoms with Gasteiger partial charge >= 0.3 is 11.7 Å². The summed E-state index contributed by atoms with van der Waals surface area (Å²) >= 11 is 1.48. The third-order valence-electron chi connectivity index (χ3n) is 1.98. The molecule has 2 heterocycles. The molecule has 0 aromatic carbocycles. The summed E-state index contributed by atoms with van der Waals surface area (Å²) < 4.78 is 1.20. The highest BCUT2D eigenvalue weighted by atomic mass is 32.1. The molecule has 0 saturated heterocycles. The number of rotatable bonds is 3. The van der Waals surface area contributed by atoms with Crippen LogP contribution in [0.25, 0.3) is 0 Å². The van der Waals surface area contributed by atoms with Crippen molar-refractivity contribution in [3.05, 3.63) is 44.8 Å². The molecule has 78 valence electrons. The first-order valence-electron chi connectivity index (χ1n) is 4.22. The number of aromatic amines is 1. The number of H-pyrrole nitrogens is 1. The van der Waals surface area contributed by atoms with Gasteiger partial charge in [0, 0.05) is 11.1 Å². The molecule has 2 N–H and O–H groups in total. The third kappa shape index (κ3) is 1.84. The first-order chi connectivity index (χ1) is 7.18. The van der Waals surface area contributed by atoms with E-state index in [0.717, 1.165) is 4.88 Å². The SMILES string of the molecule is O=C(O)c1c[nH]c(=O)n1Cc1cccs1. The largest absolute Gasteiger partial charge is 0.477 e. The van der Waals surface area contributed by atoms with Gasteiger partial charge in [0.05, 0.1) is 6.54 Å². The van der Waals surface area contributed by atoms with Gasteiger partial charge in [-0.1, -0.05) is 6.07 Å². The van der Waals surface area contributed by atoms with Gasteiger partial charge in [-0.3, -0.25) is 4.57 Å². The molecule has 15 heavy (non-hydrogen) atoms. The normalized spacial score (nSPS) is 10.4. The Morgan fingerprint density at radius 3 is 3.00 bits per heavy atom. The molecule has 2 rings (SSSR count). The van der Waals surface area contributed by atoms with E-state index in [1.807, 2.05) is 17.5 Å². The van der Waals surface area contributed by atoms with Crippen LogP contribution in [0.1, 0.15) is 15.4 Å². The molecule has 0 spiro atoms. The molecule has 5 nitrogen and oxygen atoms in total. The molecule has 0 fully saturated rings. The van der Waals surface area contributed by atoms with Crippen LogP contribution in [-0.4, -0.2) is 20.6 Å². The van der Waals surface area contributed by atoms with Crippen LogP contribution in [-0.2, 0) is 6.54 Å². The summed E-state index contributed by atoms with van der Waals surface area (Å²) in [7, 11) is 0. The highest BCUT2D eigenvalue weighted by Crippen LogP contribution is 2.10. The van der Waals surface area contributed by atoms with Gasteiger partial charge in [0.1, 0.15) is 5.69 Å². The van der Waals surface area contributed by atoms with Crippen LogP contribution >= 0.6 is 11.3 Å². The standard InChI is InChI=1S/C9H8N2O3S/c12-8(13)7-4-10-9(14)11(7)5-6-2-1-3-15-6/h1-4H,5H2,(H,10,14)(H,12,13). The lowest BCUT2D eigenvalue weighted by Crippen LogP contribution is -2.21. The van der Waals surface area contributed by atoms with Crippen molar-refractivity contribution in [1.29, 1.82) is 0 Å². The number of carboxylic acids is 1. The predicted octanol–water partition coefficient (Wildman–Crippen LogP) is 0.984. The van der Waals surface area contributed by atoms with Gasteiger partial charge in [0.2, 0.25) is 0 Å². The van der Waals surface area contributed by atoms with E-state index in [1.54, 1.807) is 0 Å². The molecule has 0 aliphatic rings. The first kappa shape index (κ1) is 9.72. The van der Waals surface area contributed by atoms with E-state index in [4.69, 9.17) is 5.11 Å². The minimum absolute atomic E-state index is 0.0200. The van der Waals surface area contributed by atoms with Crippen molar-refractivity contribution in [3.63, 3.8) is 0 Å². The maximum absolute atomic E-state index is 11.3. The fourth-order valence-corrected chi connectivity index (χ4v) is 1.98. The first-order valence-corrected chi connectivity index (χ1v) is 5.10. The number of hydrogen-bond donors (Lipinski definition) is 2. The Morgan fingerprint density at radius 1 is 1.60 bits per heavy atom. The minimum Gasteiger partial charge on any atom is -0.477 e. The van der Waals surface area contributed by atoms with Gasteiger partial charge in [-0.25, -0.2) is 9.59 Å². The maximum Gasteiger partial charge on any atom is 0.354 e. The molecular weight excluding hydrogens is 216 g/mol. The Bertz CT molecular complexity index is 524. The Balaban J connectivity index is 2.39. The topological polar surface area (TPSA) is 75.1 Å². The quantitative estimate of drug-likeness (QED) is 0.816. The molecule has 0 saturated carbocycles. The molecule has 2 aromatic rings. The number of carbonyl (C=O) groups is 1. The number of carboxylic acid groups (broad SMARTS) is 1. The van der Waals surface area contributed by atoms with Gasteiger partial charge in [-0.15, -0.1) is 11.3 Å². The minimum atomic E-state index is -1.11. The van der Waals surface area contributed by atoms with Crippen LogP contribution < -0.4 is 5.69 Å². The highest BCUT2D eigenvalue weighted by Gasteiger charge is 2.13. The average Bonchev–Trinajstić information content (AvgIpc) is 2.78. The summed E-state index contributed by atoms with van der Waals surface area (Å²) in [6.07, 6.45) is 1.21. The van der Waals surface area contributed by atoms with Crippen LogP contribution in [0.15, 0.2) is 28.5 Å². The lowest BCUT2D eigenvalue weighted by Gasteiger charge is -2.00. The fourth-order valence-electron chi connectivity index (χ4n) is 1.29. The number of nitrogens with zero attached hydrogens (tertiary/aromatic N) is 1. The average molecular weight is 224 g/mol. The van der Waals surface area contributed by atoms with Gasteiger partial charge < -0.3 is 10.1 Å². The van der Waals surface area contributed by atoms with Crippen LogP contribution in [0, 0.1) is 0 Å². The van der Waals surface area contributed by atoms with Gasteiger partial charge in [-0.2, -0.15) is 0 Å². The van der Waals surface area contributed by atoms with Gasteiger partial charge in [0.15, 0.2) is 0 Å². The van der Waals surface area contributed by atoms with E-state index >= 15 is 0 Å². The number of aromatic nitrogens is 2. The predicted molar refractivity (Wildman–Crippen MR) is 55.4 cm³/mol. The van der Waals surface area contributed by atoms with Gasteiger partial charge in [0.25, 0.3) is 0 Å². The van der Waals surface area contributed by atoms with Crippen molar-refractivity contribution in [2.75, 3.05) is 0 Å². The number of aromatic carboxylic acids is 1. The lowest BCUT2D eigenvalue weighted by molar-refractivity contribution is 0.0685. The number of nitrogens with one attached hydrogen (secondary N) is 1. The molecule has 0 amide bonds.